The molecule has 0 bridgehead atoms. The third-order valence-corrected chi connectivity index (χ3v) is 3.42. The van der Waals surface area contributed by atoms with Gasteiger partial charge in [0.15, 0.2) is 0 Å². The molecule has 5 heteroatoms. The van der Waals surface area contributed by atoms with E-state index < -0.39 is 0 Å². The first-order valence-corrected chi connectivity index (χ1v) is 7.19. The van der Waals surface area contributed by atoms with Crippen LogP contribution in [-0.4, -0.2) is 16.5 Å². The second-order valence-corrected chi connectivity index (χ2v) is 4.79. The van der Waals surface area contributed by atoms with Crippen LogP contribution in [0, 0.1) is 0 Å². The van der Waals surface area contributed by atoms with Crippen molar-refractivity contribution >= 4 is 23.2 Å². The van der Waals surface area contributed by atoms with Crippen LogP contribution >= 0.6 is 11.6 Å². The minimum Gasteiger partial charge on any atom is -0.370 e. The molecule has 0 amide bonds. The minimum absolute atomic E-state index is 0.648. The highest BCUT2D eigenvalue weighted by atomic mass is 35.5. The number of benzene rings is 1. The van der Waals surface area contributed by atoms with Crippen molar-refractivity contribution < 1.29 is 0 Å². The summed E-state index contributed by atoms with van der Waals surface area (Å²) in [7, 11) is 0. The van der Waals surface area contributed by atoms with Crippen molar-refractivity contribution in [2.75, 3.05) is 17.2 Å². The lowest BCUT2D eigenvalue weighted by molar-refractivity contribution is 1.000. The molecule has 0 saturated heterocycles. The van der Waals surface area contributed by atoms with Gasteiger partial charge < -0.3 is 10.6 Å². The van der Waals surface area contributed by atoms with E-state index in [1.165, 1.54) is 0 Å². The number of nitrogens with zero attached hydrogens (tertiary/aromatic N) is 2. The number of aromatic nitrogens is 2. The molecular formula is C15H19ClN4. The molecule has 0 atom stereocenters. The topological polar surface area (TPSA) is 49.8 Å². The van der Waals surface area contributed by atoms with Crippen LogP contribution in [0.25, 0.3) is 0 Å². The Morgan fingerprint density at radius 1 is 1.05 bits per heavy atom. The fourth-order valence-corrected chi connectivity index (χ4v) is 2.24. The van der Waals surface area contributed by atoms with Crippen LogP contribution in [0.2, 0.25) is 5.02 Å². The first-order valence-electron chi connectivity index (χ1n) is 6.81. The van der Waals surface area contributed by atoms with Gasteiger partial charge in [0.2, 0.25) is 0 Å². The van der Waals surface area contributed by atoms with E-state index in [0.29, 0.717) is 6.54 Å². The predicted molar refractivity (Wildman–Crippen MR) is 84.4 cm³/mol. The Balaban J connectivity index is 2.17. The zero-order chi connectivity index (χ0) is 14.4. The molecule has 0 radical (unpaired) electrons. The van der Waals surface area contributed by atoms with Crippen molar-refractivity contribution in [3.63, 3.8) is 0 Å². The van der Waals surface area contributed by atoms with Crippen LogP contribution < -0.4 is 10.6 Å². The fourth-order valence-electron chi connectivity index (χ4n) is 2.04. The highest BCUT2D eigenvalue weighted by Gasteiger charge is 2.09. The van der Waals surface area contributed by atoms with Gasteiger partial charge in [0, 0.05) is 23.7 Å². The van der Waals surface area contributed by atoms with E-state index >= 15 is 0 Å². The SMILES string of the molecule is CCNc1ncnc(NCc2ccccc2Cl)c1CC. The second-order valence-electron chi connectivity index (χ2n) is 4.38. The zero-order valence-corrected chi connectivity index (χ0v) is 12.5. The summed E-state index contributed by atoms with van der Waals surface area (Å²) in [6, 6.07) is 7.81. The van der Waals surface area contributed by atoms with Gasteiger partial charge in [-0.15, -0.1) is 0 Å². The van der Waals surface area contributed by atoms with Crippen LogP contribution in [0.1, 0.15) is 25.0 Å². The Kier molecular flexibility index (Phi) is 5.18. The van der Waals surface area contributed by atoms with Crippen LogP contribution in [-0.2, 0) is 13.0 Å². The van der Waals surface area contributed by atoms with Gasteiger partial charge in [-0.2, -0.15) is 0 Å². The molecule has 0 saturated carbocycles. The summed E-state index contributed by atoms with van der Waals surface area (Å²) in [6.07, 6.45) is 2.44. The molecule has 106 valence electrons. The maximum atomic E-state index is 6.16. The number of hydrogen-bond donors (Lipinski definition) is 2. The van der Waals surface area contributed by atoms with Gasteiger partial charge in [-0.1, -0.05) is 36.7 Å². The molecule has 2 aromatic rings. The van der Waals surface area contributed by atoms with Crippen molar-refractivity contribution in [2.24, 2.45) is 0 Å². The molecule has 1 aromatic carbocycles. The zero-order valence-electron chi connectivity index (χ0n) is 11.8. The third-order valence-electron chi connectivity index (χ3n) is 3.05. The van der Waals surface area contributed by atoms with E-state index in [1.54, 1.807) is 6.33 Å². The van der Waals surface area contributed by atoms with Crippen LogP contribution in [0.15, 0.2) is 30.6 Å². The van der Waals surface area contributed by atoms with Crippen molar-refractivity contribution in [1.82, 2.24) is 9.97 Å². The van der Waals surface area contributed by atoms with E-state index in [4.69, 9.17) is 11.6 Å². The summed E-state index contributed by atoms with van der Waals surface area (Å²) in [5.41, 5.74) is 2.15. The summed E-state index contributed by atoms with van der Waals surface area (Å²) >= 11 is 6.16. The van der Waals surface area contributed by atoms with Crippen molar-refractivity contribution in [2.45, 2.75) is 26.8 Å². The molecule has 0 spiro atoms. The first-order chi connectivity index (χ1) is 9.76. The molecule has 2 N–H and O–H groups in total. The maximum Gasteiger partial charge on any atom is 0.134 e. The van der Waals surface area contributed by atoms with E-state index in [0.717, 1.165) is 40.8 Å². The molecule has 1 heterocycles. The lowest BCUT2D eigenvalue weighted by Crippen LogP contribution is -2.09. The Hall–Kier alpha value is -1.81. The van der Waals surface area contributed by atoms with Gasteiger partial charge in [0.25, 0.3) is 0 Å². The summed E-state index contributed by atoms with van der Waals surface area (Å²) in [5, 5.41) is 7.37. The number of hydrogen-bond acceptors (Lipinski definition) is 4. The smallest absolute Gasteiger partial charge is 0.134 e. The average Bonchev–Trinajstić information content (AvgIpc) is 2.47. The van der Waals surface area contributed by atoms with Gasteiger partial charge in [-0.3, -0.25) is 0 Å². The maximum absolute atomic E-state index is 6.16. The largest absolute Gasteiger partial charge is 0.370 e. The van der Waals surface area contributed by atoms with Crippen LogP contribution in [0.4, 0.5) is 11.6 Å². The summed E-state index contributed by atoms with van der Waals surface area (Å²) in [6.45, 7) is 5.64. The summed E-state index contributed by atoms with van der Waals surface area (Å²) in [4.78, 5) is 8.62. The highest BCUT2D eigenvalue weighted by molar-refractivity contribution is 6.31. The molecule has 0 aliphatic heterocycles. The number of halogens is 1. The summed E-state index contributed by atoms with van der Waals surface area (Å²) in [5.74, 6) is 1.75. The lowest BCUT2D eigenvalue weighted by atomic mass is 10.2. The number of nitrogens with one attached hydrogen (secondary N) is 2. The van der Waals surface area contributed by atoms with Gasteiger partial charge in [-0.25, -0.2) is 9.97 Å². The normalized spacial score (nSPS) is 10.3. The molecule has 4 nitrogen and oxygen atoms in total. The monoisotopic (exact) mass is 290 g/mol. The van der Waals surface area contributed by atoms with Crippen molar-refractivity contribution in [3.8, 4) is 0 Å². The fraction of sp³-hybridized carbons (Fsp3) is 0.333. The Morgan fingerprint density at radius 3 is 2.40 bits per heavy atom. The van der Waals surface area contributed by atoms with Crippen LogP contribution in [0.3, 0.4) is 0 Å². The molecule has 20 heavy (non-hydrogen) atoms. The van der Waals surface area contributed by atoms with E-state index in [2.05, 4.69) is 34.4 Å². The predicted octanol–water partition coefficient (Wildman–Crippen LogP) is 3.74. The molecule has 2 rings (SSSR count). The van der Waals surface area contributed by atoms with E-state index in [9.17, 15) is 0 Å². The molecule has 0 aliphatic rings. The van der Waals surface area contributed by atoms with Crippen molar-refractivity contribution in [1.29, 1.82) is 0 Å². The third kappa shape index (κ3) is 3.39. The quantitative estimate of drug-likeness (QED) is 0.851. The van der Waals surface area contributed by atoms with Gasteiger partial charge >= 0.3 is 0 Å². The average molecular weight is 291 g/mol. The number of rotatable bonds is 6. The van der Waals surface area contributed by atoms with E-state index in [1.807, 2.05) is 24.3 Å². The van der Waals surface area contributed by atoms with Gasteiger partial charge in [0.1, 0.15) is 18.0 Å². The Labute approximate surface area is 124 Å². The standard InChI is InChI=1S/C15H19ClN4/c1-3-12-14(17-4-2)19-10-20-15(12)18-9-11-7-5-6-8-13(11)16/h5-8,10H,3-4,9H2,1-2H3,(H2,17,18,19,20). The molecule has 1 aromatic heterocycles. The molecular weight excluding hydrogens is 272 g/mol. The summed E-state index contributed by atoms with van der Waals surface area (Å²) < 4.78 is 0. The van der Waals surface area contributed by atoms with Gasteiger partial charge in [-0.05, 0) is 25.0 Å². The van der Waals surface area contributed by atoms with Crippen molar-refractivity contribution in [3.05, 3.63) is 46.7 Å². The van der Waals surface area contributed by atoms with Crippen LogP contribution in [0.5, 0.6) is 0 Å². The number of anilines is 2. The molecule has 0 fully saturated rings. The lowest BCUT2D eigenvalue weighted by Gasteiger charge is -2.14. The highest BCUT2D eigenvalue weighted by Crippen LogP contribution is 2.22. The Bertz CT molecular complexity index is 572. The molecule has 0 aliphatic carbocycles. The van der Waals surface area contributed by atoms with E-state index in [-0.39, 0.29) is 0 Å². The Morgan fingerprint density at radius 2 is 1.75 bits per heavy atom. The van der Waals surface area contributed by atoms with Gasteiger partial charge in [0.05, 0.1) is 0 Å². The first kappa shape index (κ1) is 14.6. The molecule has 0 unspecified atom stereocenters. The second kappa shape index (κ2) is 7.10. The minimum atomic E-state index is 0.648.